The van der Waals surface area contributed by atoms with E-state index >= 15 is 8.78 Å². The van der Waals surface area contributed by atoms with Crippen LogP contribution in [0.3, 0.4) is 0 Å². The van der Waals surface area contributed by atoms with Crippen molar-refractivity contribution in [1.82, 2.24) is 30.2 Å². The van der Waals surface area contributed by atoms with Crippen LogP contribution in [0.25, 0.3) is 22.0 Å². The molecular formula is C58H67ClF2N8O6. The minimum Gasteiger partial charge on any atom is -0.494 e. The zero-order valence-corrected chi connectivity index (χ0v) is 43.8. The highest BCUT2D eigenvalue weighted by Gasteiger charge is 2.51. The Labute approximate surface area is 441 Å². The van der Waals surface area contributed by atoms with Gasteiger partial charge in [0.1, 0.15) is 11.6 Å². The fourth-order valence-electron chi connectivity index (χ4n) is 13.8. The van der Waals surface area contributed by atoms with Gasteiger partial charge >= 0.3 is 6.03 Å². The lowest BCUT2D eigenvalue weighted by molar-refractivity contribution is -0.138. The number of hydrogen-bond donors (Lipinski definition) is 3. The number of nitrogens with two attached hydrogens (primary N) is 1. The topological polar surface area (TPSA) is 164 Å². The van der Waals surface area contributed by atoms with Crippen LogP contribution in [-0.2, 0) is 22.2 Å². The molecule has 5 amide bonds. The molecule has 14 nitrogen and oxygen atoms in total. The minimum absolute atomic E-state index is 0.00599. The van der Waals surface area contributed by atoms with Gasteiger partial charge in [-0.25, -0.2) is 13.6 Å². The predicted molar refractivity (Wildman–Crippen MR) is 283 cm³/mol. The highest BCUT2D eigenvalue weighted by atomic mass is 35.5. The highest BCUT2D eigenvalue weighted by Crippen LogP contribution is 2.57. The number of methoxy groups -OCH3 is 1. The maximum atomic E-state index is 16.3. The number of amides is 5. The zero-order chi connectivity index (χ0) is 52.3. The SMILES string of the molecule is COc1ccc(C(N)=O)c(-c2c(Cl)c(F)cc3c2[C@H](C)[C@@](CNC2CCC(C(=O)N4CCC(N5CCC6(CCC(c7ccc8c(N9CCC(=O)NC9=O)nn(C)c8c7)CC6)CC5)CC4)CC2)(c2ccccc2)O3)c1F. The fraction of sp³-hybridized carbons (Fsp3) is 0.500. The Morgan fingerprint density at radius 3 is 2.29 bits per heavy atom. The third-order valence-corrected chi connectivity index (χ3v) is 18.7. The van der Waals surface area contributed by atoms with Crippen molar-refractivity contribution in [3.05, 3.63) is 106 Å². The summed E-state index contributed by atoms with van der Waals surface area (Å²) >= 11 is 6.72. The summed E-state index contributed by atoms with van der Waals surface area (Å²) in [6, 6.07) is 20.3. The van der Waals surface area contributed by atoms with Gasteiger partial charge < -0.3 is 30.3 Å². The fourth-order valence-corrected chi connectivity index (χ4v) is 14.1. The lowest BCUT2D eigenvalue weighted by atomic mass is 9.64. The van der Waals surface area contributed by atoms with Crippen LogP contribution < -0.4 is 30.7 Å². The first-order valence-corrected chi connectivity index (χ1v) is 27.3. The third-order valence-electron chi connectivity index (χ3n) is 18.3. The number of halogens is 3. The molecule has 0 unspecified atom stereocenters. The Morgan fingerprint density at radius 2 is 1.61 bits per heavy atom. The van der Waals surface area contributed by atoms with Gasteiger partial charge in [0.25, 0.3) is 0 Å². The van der Waals surface area contributed by atoms with E-state index in [1.807, 2.05) is 49.0 Å². The molecule has 11 rings (SSSR count). The van der Waals surface area contributed by atoms with Gasteiger partial charge in [-0.1, -0.05) is 54.9 Å². The van der Waals surface area contributed by atoms with Gasteiger partial charge in [0, 0.05) is 91.7 Å². The van der Waals surface area contributed by atoms with E-state index in [4.69, 9.17) is 31.9 Å². The van der Waals surface area contributed by atoms with Gasteiger partial charge in [-0.3, -0.25) is 29.3 Å². The molecule has 2 atom stereocenters. The van der Waals surface area contributed by atoms with E-state index in [0.29, 0.717) is 41.8 Å². The smallest absolute Gasteiger partial charge is 0.329 e. The van der Waals surface area contributed by atoms with E-state index in [2.05, 4.69) is 38.6 Å². The van der Waals surface area contributed by atoms with Crippen LogP contribution in [0.15, 0.2) is 66.7 Å². The number of urea groups is 1. The maximum Gasteiger partial charge on any atom is 0.329 e. The van der Waals surface area contributed by atoms with Crippen molar-refractivity contribution < 1.29 is 37.4 Å². The van der Waals surface area contributed by atoms with Crippen LogP contribution in [0.1, 0.15) is 129 Å². The number of benzene rings is 4. The molecule has 5 heterocycles. The first-order valence-electron chi connectivity index (χ1n) is 26.9. The number of rotatable bonds is 11. The first kappa shape index (κ1) is 51.0. The van der Waals surface area contributed by atoms with Crippen molar-refractivity contribution in [3.8, 4) is 22.6 Å². The Balaban J connectivity index is 0.669. The number of likely N-dealkylation sites (tertiary alicyclic amines) is 2. The van der Waals surface area contributed by atoms with Crippen molar-refractivity contribution in [2.24, 2.45) is 24.1 Å². The van der Waals surface area contributed by atoms with Gasteiger partial charge in [0.15, 0.2) is 23.0 Å². The molecule has 75 heavy (non-hydrogen) atoms. The van der Waals surface area contributed by atoms with E-state index in [0.717, 1.165) is 94.0 Å². The van der Waals surface area contributed by atoms with Gasteiger partial charge in [-0.05, 0) is 137 Å². The van der Waals surface area contributed by atoms with E-state index in [-0.39, 0.29) is 63.4 Å². The molecule has 3 saturated heterocycles. The van der Waals surface area contributed by atoms with Crippen molar-refractivity contribution in [2.45, 2.75) is 120 Å². The molecular weight excluding hydrogens is 978 g/mol. The van der Waals surface area contributed by atoms with Crippen molar-refractivity contribution in [3.63, 3.8) is 0 Å². The molecule has 1 aromatic heterocycles. The molecule has 2 aliphatic carbocycles. The number of nitrogens with zero attached hydrogens (tertiary/aromatic N) is 5. The van der Waals surface area contributed by atoms with Crippen LogP contribution in [0.4, 0.5) is 19.4 Å². The molecule has 6 aliphatic rings. The minimum atomic E-state index is -1.06. The van der Waals surface area contributed by atoms with Crippen LogP contribution in [0.2, 0.25) is 5.02 Å². The number of piperidine rings is 2. The molecule has 2 saturated carbocycles. The first-order chi connectivity index (χ1) is 36.2. The van der Waals surface area contributed by atoms with E-state index in [1.54, 1.807) is 4.90 Å². The highest BCUT2D eigenvalue weighted by molar-refractivity contribution is 6.34. The number of ether oxygens (including phenoxy) is 2. The van der Waals surface area contributed by atoms with Crippen LogP contribution in [-0.4, -0.2) is 102 Å². The lowest BCUT2D eigenvalue weighted by Crippen LogP contribution is -2.52. The number of aromatic nitrogens is 2. The zero-order valence-electron chi connectivity index (χ0n) is 43.1. The number of anilines is 1. The average molecular weight is 1050 g/mol. The Hall–Kier alpha value is -6.10. The summed E-state index contributed by atoms with van der Waals surface area (Å²) in [7, 11) is 3.22. The molecule has 0 bridgehead atoms. The number of fused-ring (bicyclic) bond motifs is 2. The monoisotopic (exact) mass is 1040 g/mol. The molecule has 5 fully saturated rings. The van der Waals surface area contributed by atoms with Gasteiger partial charge in [-0.15, -0.1) is 0 Å². The summed E-state index contributed by atoms with van der Waals surface area (Å²) in [5.74, 6) is -1.96. The van der Waals surface area contributed by atoms with E-state index in [1.165, 1.54) is 56.6 Å². The normalized spacial score (nSPS) is 24.6. The van der Waals surface area contributed by atoms with Gasteiger partial charge in [-0.2, -0.15) is 5.10 Å². The molecule has 1 spiro atoms. The maximum absolute atomic E-state index is 16.3. The molecule has 0 radical (unpaired) electrons. The Bertz CT molecular complexity index is 3030. The third kappa shape index (κ3) is 9.32. The molecule has 17 heteroatoms. The van der Waals surface area contributed by atoms with Crippen LogP contribution in [0.5, 0.6) is 11.5 Å². The standard InChI is InChI=1S/C58H67ClF2N8O6/c1-34-48-46(32-43(60)51(59)50(48)49-42(53(62)71)15-16-45(74-3)52(49)61)75-58(34,38-7-5-4-6-8-38)33-63-39-12-9-36(10-13-39)55(72)68-26-19-40(20-27-68)67-29-24-57(25-30-67)22-17-35(18-23-57)37-11-14-41-44(31-37)66(2)65-54(41)69-28-21-47(70)64-56(69)73/h4-8,11,14-16,31-32,34-36,39-40,63H,9-10,12-13,17-30,33H2,1-3H3,(H2,62,71)(H,64,70,73)/t34-,36?,39?,58-/m0/s1. The van der Waals surface area contributed by atoms with Crippen LogP contribution >= 0.6 is 11.6 Å². The summed E-state index contributed by atoms with van der Waals surface area (Å²) < 4.78 is 46.0. The number of nitrogens with one attached hydrogen (secondary N) is 2. The second-order valence-electron chi connectivity index (χ2n) is 22.2. The van der Waals surface area contributed by atoms with Crippen molar-refractivity contribution in [1.29, 1.82) is 0 Å². The number of imide groups is 1. The number of aryl methyl sites for hydroxylation is 1. The lowest BCUT2D eigenvalue weighted by Gasteiger charge is -2.49. The number of primary amides is 1. The molecule has 4 aromatic carbocycles. The Morgan fingerprint density at radius 1 is 0.893 bits per heavy atom. The van der Waals surface area contributed by atoms with E-state index < -0.39 is 35.1 Å². The summed E-state index contributed by atoms with van der Waals surface area (Å²) in [6.45, 7) is 6.42. The number of carbonyl (C=O) groups excluding carboxylic acids is 4. The predicted octanol–water partition coefficient (Wildman–Crippen LogP) is 9.70. The largest absolute Gasteiger partial charge is 0.494 e. The van der Waals surface area contributed by atoms with Gasteiger partial charge in [0.05, 0.1) is 23.2 Å². The second kappa shape index (κ2) is 20.5. The van der Waals surface area contributed by atoms with Gasteiger partial charge in [0.2, 0.25) is 17.7 Å². The Kier molecular flexibility index (Phi) is 13.9. The quantitative estimate of drug-likeness (QED) is 0.117. The molecule has 5 aromatic rings. The molecule has 396 valence electrons. The summed E-state index contributed by atoms with van der Waals surface area (Å²) in [5, 5.41) is 11.5. The molecule has 4 aliphatic heterocycles. The van der Waals surface area contributed by atoms with E-state index in [9.17, 15) is 19.2 Å². The summed E-state index contributed by atoms with van der Waals surface area (Å²) in [5.41, 5.74) is 8.33. The summed E-state index contributed by atoms with van der Waals surface area (Å²) in [4.78, 5) is 57.6. The second-order valence-corrected chi connectivity index (χ2v) is 22.6. The number of carbonyl (C=O) groups is 4. The average Bonchev–Trinajstić information content (AvgIpc) is 3.92. The summed E-state index contributed by atoms with van der Waals surface area (Å²) in [6.07, 6.45) is 12.7. The number of hydrogen-bond acceptors (Lipinski definition) is 9. The van der Waals surface area contributed by atoms with Crippen molar-refractivity contribution >= 4 is 52.1 Å². The van der Waals surface area contributed by atoms with Crippen LogP contribution in [0, 0.1) is 23.0 Å². The molecule has 4 N–H and O–H groups in total. The van der Waals surface area contributed by atoms with Crippen molar-refractivity contribution in [2.75, 3.05) is 51.3 Å².